The smallest absolute Gasteiger partial charge is 0.244 e. The van der Waals surface area contributed by atoms with Gasteiger partial charge in [-0.3, -0.25) is 4.79 Å². The molecule has 1 aliphatic heterocycles. The molecular formula is C12H18N4O3S. The van der Waals surface area contributed by atoms with Crippen LogP contribution in [-0.2, 0) is 14.8 Å². The number of carbonyl (C=O) groups excluding carboxylic acids is 1. The fourth-order valence-corrected chi connectivity index (χ4v) is 3.61. The van der Waals surface area contributed by atoms with Crippen LogP contribution in [0.2, 0.25) is 0 Å². The lowest BCUT2D eigenvalue weighted by Crippen LogP contribution is -2.31. The van der Waals surface area contributed by atoms with Gasteiger partial charge in [0.2, 0.25) is 15.9 Å². The van der Waals surface area contributed by atoms with Crippen LogP contribution in [0.25, 0.3) is 0 Å². The zero-order valence-corrected chi connectivity index (χ0v) is 12.1. The highest BCUT2D eigenvalue weighted by Gasteiger charge is 2.27. The van der Waals surface area contributed by atoms with E-state index in [1.165, 1.54) is 16.6 Å². The third-order valence-corrected chi connectivity index (χ3v) is 5.09. The Morgan fingerprint density at radius 2 is 2.05 bits per heavy atom. The fourth-order valence-electron chi connectivity index (χ4n) is 2.14. The summed E-state index contributed by atoms with van der Waals surface area (Å²) in [6, 6.07) is 3.08. The van der Waals surface area contributed by atoms with E-state index in [1.54, 1.807) is 18.0 Å². The number of hydrogen-bond acceptors (Lipinski definition) is 5. The van der Waals surface area contributed by atoms with Gasteiger partial charge in [-0.15, -0.1) is 0 Å². The van der Waals surface area contributed by atoms with E-state index >= 15 is 0 Å². The molecule has 1 fully saturated rings. The Morgan fingerprint density at radius 3 is 2.55 bits per heavy atom. The van der Waals surface area contributed by atoms with Gasteiger partial charge in [0.1, 0.15) is 10.7 Å². The molecule has 20 heavy (non-hydrogen) atoms. The molecule has 0 bridgehead atoms. The van der Waals surface area contributed by atoms with Crippen LogP contribution in [0.3, 0.4) is 0 Å². The lowest BCUT2D eigenvalue weighted by atomic mass is 10.4. The summed E-state index contributed by atoms with van der Waals surface area (Å²) in [5.74, 6) is 0.0345. The van der Waals surface area contributed by atoms with E-state index in [-0.39, 0.29) is 11.4 Å². The quantitative estimate of drug-likeness (QED) is 0.811. The monoisotopic (exact) mass is 298 g/mol. The van der Waals surface area contributed by atoms with Gasteiger partial charge in [-0.05, 0) is 25.0 Å². The van der Waals surface area contributed by atoms with Gasteiger partial charge in [0.15, 0.2) is 0 Å². The summed E-state index contributed by atoms with van der Waals surface area (Å²) < 4.78 is 26.1. The van der Waals surface area contributed by atoms with E-state index in [0.29, 0.717) is 18.9 Å². The van der Waals surface area contributed by atoms with Crippen LogP contribution in [0, 0.1) is 0 Å². The second-order valence-electron chi connectivity index (χ2n) is 4.79. The van der Waals surface area contributed by atoms with Crippen LogP contribution >= 0.6 is 0 Å². The van der Waals surface area contributed by atoms with Crippen LogP contribution < -0.4 is 10.6 Å². The van der Waals surface area contributed by atoms with Crippen LogP contribution in [0.15, 0.2) is 23.2 Å². The standard InChI is InChI=1S/C12H18N4O3S/c1-15(9-11(13)17)12-5-4-10(8-14-12)20(18,19)16-6-2-3-7-16/h4-5,8H,2-3,6-7,9H2,1H3,(H2,13,17). The van der Waals surface area contributed by atoms with Gasteiger partial charge < -0.3 is 10.6 Å². The first-order chi connectivity index (χ1) is 9.41. The predicted octanol–water partition coefficient (Wildman–Crippen LogP) is -0.212. The Bertz CT molecular complexity index is 579. The SMILES string of the molecule is CN(CC(N)=O)c1ccc(S(=O)(=O)N2CCCC2)cn1. The van der Waals surface area contributed by atoms with Crippen molar-refractivity contribution in [1.29, 1.82) is 0 Å². The van der Waals surface area contributed by atoms with Crippen molar-refractivity contribution < 1.29 is 13.2 Å². The Labute approximate surface area is 118 Å². The summed E-state index contributed by atoms with van der Waals surface area (Å²) in [6.45, 7) is 1.16. The van der Waals surface area contributed by atoms with Crippen LogP contribution in [0.5, 0.6) is 0 Å². The highest BCUT2D eigenvalue weighted by Crippen LogP contribution is 2.21. The summed E-state index contributed by atoms with van der Waals surface area (Å²) >= 11 is 0. The van der Waals surface area contributed by atoms with Gasteiger partial charge in [-0.1, -0.05) is 0 Å². The number of nitrogens with zero attached hydrogens (tertiary/aromatic N) is 3. The number of primary amides is 1. The molecule has 0 radical (unpaired) electrons. The van der Waals surface area contributed by atoms with Crippen LogP contribution in [0.1, 0.15) is 12.8 Å². The molecule has 0 spiro atoms. The summed E-state index contributed by atoms with van der Waals surface area (Å²) in [4.78, 5) is 16.7. The first kappa shape index (κ1) is 14.7. The number of aromatic nitrogens is 1. The van der Waals surface area contributed by atoms with Crippen molar-refractivity contribution in [3.63, 3.8) is 0 Å². The molecular weight excluding hydrogens is 280 g/mol. The number of pyridine rings is 1. The van der Waals surface area contributed by atoms with Gasteiger partial charge in [-0.2, -0.15) is 4.31 Å². The first-order valence-electron chi connectivity index (χ1n) is 6.37. The molecule has 0 aliphatic carbocycles. The Balaban J connectivity index is 2.17. The maximum atomic E-state index is 12.3. The summed E-state index contributed by atoms with van der Waals surface area (Å²) in [6.07, 6.45) is 3.11. The minimum Gasteiger partial charge on any atom is -0.368 e. The topological polar surface area (TPSA) is 96.6 Å². The molecule has 110 valence electrons. The van der Waals surface area contributed by atoms with Gasteiger partial charge in [0.25, 0.3) is 0 Å². The molecule has 1 aromatic rings. The van der Waals surface area contributed by atoms with Gasteiger partial charge in [0, 0.05) is 26.3 Å². The van der Waals surface area contributed by atoms with Crippen molar-refractivity contribution in [3.05, 3.63) is 18.3 Å². The molecule has 2 rings (SSSR count). The average Bonchev–Trinajstić information content (AvgIpc) is 2.92. The van der Waals surface area contributed by atoms with Crippen molar-refractivity contribution >= 4 is 21.7 Å². The lowest BCUT2D eigenvalue weighted by molar-refractivity contribution is -0.116. The Hall–Kier alpha value is -1.67. The van der Waals surface area contributed by atoms with Crippen LogP contribution in [0.4, 0.5) is 5.82 Å². The third kappa shape index (κ3) is 3.07. The molecule has 1 amide bonds. The minimum absolute atomic E-state index is 0.0330. The number of carbonyl (C=O) groups is 1. The second kappa shape index (κ2) is 5.76. The van der Waals surface area contributed by atoms with Gasteiger partial charge in [0.05, 0.1) is 6.54 Å². The third-order valence-electron chi connectivity index (χ3n) is 3.21. The molecule has 1 aliphatic rings. The minimum atomic E-state index is -3.44. The van der Waals surface area contributed by atoms with E-state index < -0.39 is 15.9 Å². The fraction of sp³-hybridized carbons (Fsp3) is 0.500. The highest BCUT2D eigenvalue weighted by atomic mass is 32.2. The van der Waals surface area contributed by atoms with E-state index in [1.807, 2.05) is 0 Å². The maximum absolute atomic E-state index is 12.3. The number of amides is 1. The Kier molecular flexibility index (Phi) is 4.24. The molecule has 8 heteroatoms. The molecule has 2 heterocycles. The van der Waals surface area contributed by atoms with Gasteiger partial charge >= 0.3 is 0 Å². The number of sulfonamides is 1. The predicted molar refractivity (Wildman–Crippen MR) is 74.7 cm³/mol. The van der Waals surface area contributed by atoms with E-state index in [0.717, 1.165) is 12.8 Å². The highest BCUT2D eigenvalue weighted by molar-refractivity contribution is 7.89. The Morgan fingerprint density at radius 1 is 1.40 bits per heavy atom. The largest absolute Gasteiger partial charge is 0.368 e. The van der Waals surface area contributed by atoms with Gasteiger partial charge in [-0.25, -0.2) is 13.4 Å². The van der Waals surface area contributed by atoms with Crippen molar-refractivity contribution in [2.45, 2.75) is 17.7 Å². The van der Waals surface area contributed by atoms with Crippen molar-refractivity contribution in [2.75, 3.05) is 31.6 Å². The molecule has 0 saturated carbocycles. The average molecular weight is 298 g/mol. The zero-order valence-electron chi connectivity index (χ0n) is 11.3. The van der Waals surface area contributed by atoms with Crippen molar-refractivity contribution in [3.8, 4) is 0 Å². The molecule has 1 aromatic heterocycles. The maximum Gasteiger partial charge on any atom is 0.244 e. The summed E-state index contributed by atoms with van der Waals surface area (Å²) in [5, 5.41) is 0. The summed E-state index contributed by atoms with van der Waals surface area (Å²) in [7, 11) is -1.78. The molecule has 2 N–H and O–H groups in total. The number of nitrogens with two attached hydrogens (primary N) is 1. The number of likely N-dealkylation sites (N-methyl/N-ethyl adjacent to an activating group) is 1. The molecule has 0 atom stereocenters. The van der Waals surface area contributed by atoms with E-state index in [4.69, 9.17) is 5.73 Å². The normalized spacial score (nSPS) is 16.2. The lowest BCUT2D eigenvalue weighted by Gasteiger charge is -2.18. The summed E-state index contributed by atoms with van der Waals surface area (Å²) in [5.41, 5.74) is 5.10. The van der Waals surface area contributed by atoms with Crippen molar-refractivity contribution in [1.82, 2.24) is 9.29 Å². The molecule has 0 unspecified atom stereocenters. The second-order valence-corrected chi connectivity index (χ2v) is 6.72. The first-order valence-corrected chi connectivity index (χ1v) is 7.81. The van der Waals surface area contributed by atoms with E-state index in [2.05, 4.69) is 4.98 Å². The number of rotatable bonds is 5. The number of hydrogen-bond donors (Lipinski definition) is 1. The van der Waals surface area contributed by atoms with E-state index in [9.17, 15) is 13.2 Å². The molecule has 1 saturated heterocycles. The molecule has 7 nitrogen and oxygen atoms in total. The zero-order chi connectivity index (χ0) is 14.8. The van der Waals surface area contributed by atoms with Crippen LogP contribution in [-0.4, -0.2) is 50.3 Å². The molecule has 0 aromatic carbocycles. The number of anilines is 1. The van der Waals surface area contributed by atoms with Crippen molar-refractivity contribution in [2.24, 2.45) is 5.73 Å².